The van der Waals surface area contributed by atoms with Gasteiger partial charge >= 0.3 is 0 Å². The fourth-order valence-corrected chi connectivity index (χ4v) is 3.69. The van der Waals surface area contributed by atoms with Crippen molar-refractivity contribution >= 4 is 35.6 Å². The summed E-state index contributed by atoms with van der Waals surface area (Å²) in [7, 11) is 1.73. The van der Waals surface area contributed by atoms with Crippen LogP contribution in [0.3, 0.4) is 0 Å². The standard InChI is InChI=1S/C20H32N4O2.HI/c1-3-21-20(22-12-10-17-7-6-14-26-17)23-16-11-13-24(15-16)18-8-4-5-9-19(18)25-2;/h4-5,8-9,16-17H,3,6-7,10-15H2,1-2H3,(H2,21,22,23);1H. The molecule has 0 aliphatic carbocycles. The van der Waals surface area contributed by atoms with Gasteiger partial charge in [-0.3, -0.25) is 4.99 Å². The van der Waals surface area contributed by atoms with Crippen molar-refractivity contribution in [3.05, 3.63) is 24.3 Å². The fraction of sp³-hybridized carbons (Fsp3) is 0.650. The first kappa shape index (κ1) is 22.1. The van der Waals surface area contributed by atoms with Crippen molar-refractivity contribution < 1.29 is 9.47 Å². The van der Waals surface area contributed by atoms with Crippen molar-refractivity contribution in [2.24, 2.45) is 4.99 Å². The lowest BCUT2D eigenvalue weighted by Crippen LogP contribution is -2.44. The van der Waals surface area contributed by atoms with Gasteiger partial charge in [-0.2, -0.15) is 0 Å². The zero-order valence-electron chi connectivity index (χ0n) is 16.4. The minimum absolute atomic E-state index is 0. The second kappa shape index (κ2) is 11.6. The minimum Gasteiger partial charge on any atom is -0.495 e. The predicted octanol–water partition coefficient (Wildman–Crippen LogP) is 3.02. The van der Waals surface area contributed by atoms with E-state index in [1.165, 1.54) is 18.5 Å². The van der Waals surface area contributed by atoms with Crippen molar-refractivity contribution in [2.45, 2.75) is 44.8 Å². The number of guanidine groups is 1. The summed E-state index contributed by atoms with van der Waals surface area (Å²) < 4.78 is 11.2. The van der Waals surface area contributed by atoms with Crippen LogP contribution in [0.15, 0.2) is 29.3 Å². The van der Waals surface area contributed by atoms with E-state index in [-0.39, 0.29) is 24.0 Å². The Morgan fingerprint density at radius 3 is 2.93 bits per heavy atom. The molecule has 1 aromatic rings. The maximum absolute atomic E-state index is 5.68. The third-order valence-corrected chi connectivity index (χ3v) is 5.04. The number of methoxy groups -OCH3 is 1. The van der Waals surface area contributed by atoms with Gasteiger partial charge in [0.25, 0.3) is 0 Å². The summed E-state index contributed by atoms with van der Waals surface area (Å²) in [6.07, 6.45) is 4.86. The van der Waals surface area contributed by atoms with Crippen molar-refractivity contribution in [1.82, 2.24) is 10.6 Å². The first-order valence-electron chi connectivity index (χ1n) is 9.84. The summed E-state index contributed by atoms with van der Waals surface area (Å²) in [5.74, 6) is 1.85. The Hall–Kier alpha value is -1.22. The van der Waals surface area contributed by atoms with Crippen molar-refractivity contribution in [1.29, 1.82) is 0 Å². The molecule has 2 aliphatic rings. The number of halogens is 1. The average molecular weight is 488 g/mol. The monoisotopic (exact) mass is 488 g/mol. The maximum Gasteiger partial charge on any atom is 0.191 e. The number of ether oxygens (including phenoxy) is 2. The van der Waals surface area contributed by atoms with Crippen LogP contribution < -0.4 is 20.3 Å². The molecule has 2 atom stereocenters. The largest absolute Gasteiger partial charge is 0.495 e. The molecule has 1 aromatic carbocycles. The topological polar surface area (TPSA) is 58.1 Å². The van der Waals surface area contributed by atoms with E-state index in [0.29, 0.717) is 12.1 Å². The lowest BCUT2D eigenvalue weighted by molar-refractivity contribution is 0.106. The lowest BCUT2D eigenvalue weighted by Gasteiger charge is -2.22. The number of hydrogen-bond donors (Lipinski definition) is 2. The number of anilines is 1. The summed E-state index contributed by atoms with van der Waals surface area (Å²) in [6.45, 7) is 6.67. The fourth-order valence-electron chi connectivity index (χ4n) is 3.69. The van der Waals surface area contributed by atoms with Gasteiger partial charge in [-0.05, 0) is 44.7 Å². The van der Waals surface area contributed by atoms with Gasteiger partial charge in [0, 0.05) is 38.8 Å². The second-order valence-electron chi connectivity index (χ2n) is 6.93. The van der Waals surface area contributed by atoms with Crippen molar-refractivity contribution in [2.75, 3.05) is 44.8 Å². The highest BCUT2D eigenvalue weighted by Crippen LogP contribution is 2.30. The molecular formula is C20H33IN4O2. The molecule has 2 heterocycles. The molecule has 0 spiro atoms. The Kier molecular flexibility index (Phi) is 9.47. The van der Waals surface area contributed by atoms with Crippen LogP contribution in [0.25, 0.3) is 0 Å². The Bertz CT molecular complexity index is 593. The maximum atomic E-state index is 5.68. The molecule has 2 N–H and O–H groups in total. The predicted molar refractivity (Wildman–Crippen MR) is 122 cm³/mol. The summed E-state index contributed by atoms with van der Waals surface area (Å²) >= 11 is 0. The zero-order valence-corrected chi connectivity index (χ0v) is 18.8. The molecule has 3 rings (SSSR count). The summed E-state index contributed by atoms with van der Waals surface area (Å²) in [6, 6.07) is 8.61. The molecular weight excluding hydrogens is 455 g/mol. The number of hydrogen-bond acceptors (Lipinski definition) is 4. The van der Waals surface area contributed by atoms with Crippen LogP contribution in [0.5, 0.6) is 5.75 Å². The van der Waals surface area contributed by atoms with Gasteiger partial charge in [-0.15, -0.1) is 24.0 Å². The van der Waals surface area contributed by atoms with Crippen LogP contribution in [-0.2, 0) is 4.74 Å². The number of nitrogens with one attached hydrogen (secondary N) is 2. The van der Waals surface area contributed by atoms with Gasteiger partial charge in [-0.1, -0.05) is 12.1 Å². The number of para-hydroxylation sites is 2. The molecule has 152 valence electrons. The van der Waals surface area contributed by atoms with E-state index in [9.17, 15) is 0 Å². The van der Waals surface area contributed by atoms with Gasteiger partial charge in [0.05, 0.1) is 18.9 Å². The van der Waals surface area contributed by atoms with Crippen molar-refractivity contribution in [3.8, 4) is 5.75 Å². The molecule has 0 aromatic heterocycles. The number of benzene rings is 1. The highest BCUT2D eigenvalue weighted by atomic mass is 127. The van der Waals surface area contributed by atoms with Crippen LogP contribution in [0.2, 0.25) is 0 Å². The van der Waals surface area contributed by atoms with Crippen LogP contribution in [0.1, 0.15) is 32.6 Å². The molecule has 0 radical (unpaired) electrons. The first-order valence-corrected chi connectivity index (χ1v) is 9.84. The first-order chi connectivity index (χ1) is 12.8. The van der Waals surface area contributed by atoms with E-state index in [1.54, 1.807) is 7.11 Å². The second-order valence-corrected chi connectivity index (χ2v) is 6.93. The van der Waals surface area contributed by atoms with Gasteiger partial charge < -0.3 is 25.0 Å². The van der Waals surface area contributed by atoms with Gasteiger partial charge in [0.2, 0.25) is 0 Å². The summed E-state index contributed by atoms with van der Waals surface area (Å²) in [5, 5.41) is 6.96. The van der Waals surface area contributed by atoms with E-state index in [0.717, 1.165) is 57.3 Å². The third kappa shape index (κ3) is 6.41. The normalized spacial score (nSPS) is 22.4. The molecule has 7 heteroatoms. The highest BCUT2D eigenvalue weighted by Gasteiger charge is 2.25. The van der Waals surface area contributed by atoms with Crippen LogP contribution in [-0.4, -0.2) is 58.0 Å². The Morgan fingerprint density at radius 1 is 1.33 bits per heavy atom. The number of aliphatic imine (C=N–C) groups is 1. The number of nitrogens with zero attached hydrogens (tertiary/aromatic N) is 2. The third-order valence-electron chi connectivity index (χ3n) is 5.04. The van der Waals surface area contributed by atoms with Gasteiger partial charge in [0.1, 0.15) is 5.75 Å². The highest BCUT2D eigenvalue weighted by molar-refractivity contribution is 14.0. The molecule has 0 bridgehead atoms. The Balaban J connectivity index is 0.00000261. The van der Waals surface area contributed by atoms with E-state index < -0.39 is 0 Å². The molecule has 2 fully saturated rings. The smallest absolute Gasteiger partial charge is 0.191 e. The molecule has 27 heavy (non-hydrogen) atoms. The molecule has 2 unspecified atom stereocenters. The minimum atomic E-state index is 0. The van der Waals surface area contributed by atoms with Crippen LogP contribution in [0, 0.1) is 0 Å². The molecule has 2 saturated heterocycles. The van der Waals surface area contributed by atoms with E-state index in [2.05, 4.69) is 34.6 Å². The van der Waals surface area contributed by atoms with Gasteiger partial charge in [0.15, 0.2) is 5.96 Å². The molecule has 0 amide bonds. The lowest BCUT2D eigenvalue weighted by atomic mass is 10.2. The van der Waals surface area contributed by atoms with E-state index in [4.69, 9.17) is 14.5 Å². The number of rotatable bonds is 7. The average Bonchev–Trinajstić information content (AvgIpc) is 3.34. The van der Waals surface area contributed by atoms with E-state index >= 15 is 0 Å². The SMILES string of the molecule is CCNC(=NCCC1CCCO1)NC1CCN(c2ccccc2OC)C1.I. The molecule has 6 nitrogen and oxygen atoms in total. The van der Waals surface area contributed by atoms with Crippen LogP contribution in [0.4, 0.5) is 5.69 Å². The van der Waals surface area contributed by atoms with Crippen LogP contribution >= 0.6 is 24.0 Å². The summed E-state index contributed by atoms with van der Waals surface area (Å²) in [4.78, 5) is 7.12. The quantitative estimate of drug-likeness (QED) is 0.351. The van der Waals surface area contributed by atoms with Crippen molar-refractivity contribution in [3.63, 3.8) is 0 Å². The van der Waals surface area contributed by atoms with Gasteiger partial charge in [-0.25, -0.2) is 0 Å². The molecule has 2 aliphatic heterocycles. The molecule has 0 saturated carbocycles. The zero-order chi connectivity index (χ0) is 18.2. The Labute approximate surface area is 180 Å². The summed E-state index contributed by atoms with van der Waals surface area (Å²) in [5.41, 5.74) is 1.17. The Morgan fingerprint density at radius 2 is 2.19 bits per heavy atom. The van der Waals surface area contributed by atoms with E-state index in [1.807, 2.05) is 12.1 Å².